The van der Waals surface area contributed by atoms with Crippen molar-refractivity contribution >= 4 is 23.6 Å². The number of hydrogen-bond donors (Lipinski definition) is 1. The maximum Gasteiger partial charge on any atom is 0.416 e. The maximum absolute atomic E-state index is 12.6. The molecule has 0 spiro atoms. The Morgan fingerprint density at radius 2 is 1.65 bits per heavy atom. The Morgan fingerprint density at radius 3 is 2.29 bits per heavy atom. The molecule has 0 radical (unpaired) electrons. The van der Waals surface area contributed by atoms with E-state index >= 15 is 0 Å². The number of para-hydroxylation sites is 2. The Balaban J connectivity index is 1.67. The monoisotopic (exact) mass is 448 g/mol. The summed E-state index contributed by atoms with van der Waals surface area (Å²) in [6, 6.07) is 15.6. The van der Waals surface area contributed by atoms with Gasteiger partial charge in [0.15, 0.2) is 11.5 Å². The number of carboxylic acid groups (broad SMARTS) is 1. The van der Waals surface area contributed by atoms with Crippen molar-refractivity contribution in [3.05, 3.63) is 94.5 Å². The lowest BCUT2D eigenvalue weighted by atomic mass is 10.1. The summed E-state index contributed by atoms with van der Waals surface area (Å²) in [6.07, 6.45) is -1.09. The van der Waals surface area contributed by atoms with Crippen molar-refractivity contribution in [2.45, 2.75) is 6.18 Å². The molecule has 0 unspecified atom stereocenters. The topological polar surface area (TPSA) is 55.8 Å². The van der Waals surface area contributed by atoms with E-state index in [2.05, 4.69) is 0 Å². The van der Waals surface area contributed by atoms with Crippen LogP contribution in [0.25, 0.3) is 6.08 Å². The van der Waals surface area contributed by atoms with Crippen LogP contribution in [0.15, 0.2) is 72.8 Å². The highest BCUT2D eigenvalue weighted by Crippen LogP contribution is 2.35. The molecule has 8 heteroatoms. The standard InChI is InChI=1S/C23H16ClF3O4/c24-18-12-9-16(22(28)29)14-21(18)31-20-6-2-1-5-19(20)30-13-3-4-15-7-10-17(11-8-15)23(25,26)27/h1-12,14H,13H2,(H,28,29). The fourth-order valence-corrected chi connectivity index (χ4v) is 2.75. The molecule has 0 aliphatic carbocycles. The highest BCUT2D eigenvalue weighted by Gasteiger charge is 2.29. The first-order valence-corrected chi connectivity index (χ1v) is 9.38. The van der Waals surface area contributed by atoms with E-state index < -0.39 is 17.7 Å². The Bertz CT molecular complexity index is 1090. The molecule has 0 aliphatic heterocycles. The van der Waals surface area contributed by atoms with Crippen molar-refractivity contribution in [2.24, 2.45) is 0 Å². The summed E-state index contributed by atoms with van der Waals surface area (Å²) in [4.78, 5) is 11.2. The van der Waals surface area contributed by atoms with Crippen LogP contribution in [0.1, 0.15) is 21.5 Å². The van der Waals surface area contributed by atoms with E-state index in [0.717, 1.165) is 12.1 Å². The van der Waals surface area contributed by atoms with Crippen LogP contribution in [0.2, 0.25) is 5.02 Å². The van der Waals surface area contributed by atoms with Gasteiger partial charge in [-0.25, -0.2) is 4.79 Å². The number of hydrogen-bond acceptors (Lipinski definition) is 3. The number of benzene rings is 3. The zero-order chi connectivity index (χ0) is 22.4. The van der Waals surface area contributed by atoms with Gasteiger partial charge in [0, 0.05) is 0 Å². The normalized spacial score (nSPS) is 11.5. The molecule has 0 aromatic heterocycles. The number of ether oxygens (including phenoxy) is 2. The third-order valence-corrected chi connectivity index (χ3v) is 4.44. The van der Waals surface area contributed by atoms with Crippen LogP contribution in [0.5, 0.6) is 17.2 Å². The summed E-state index contributed by atoms with van der Waals surface area (Å²) < 4.78 is 49.2. The quantitative estimate of drug-likeness (QED) is 0.425. The number of carbonyl (C=O) groups is 1. The van der Waals surface area contributed by atoms with E-state index in [1.165, 1.54) is 30.3 Å². The third kappa shape index (κ3) is 6.02. The van der Waals surface area contributed by atoms with Gasteiger partial charge in [0.25, 0.3) is 0 Å². The van der Waals surface area contributed by atoms with Gasteiger partial charge in [0.1, 0.15) is 12.4 Å². The predicted molar refractivity (Wildman–Crippen MR) is 111 cm³/mol. The van der Waals surface area contributed by atoms with Crippen LogP contribution < -0.4 is 9.47 Å². The second-order valence-corrected chi connectivity index (χ2v) is 6.74. The number of aromatic carboxylic acids is 1. The van der Waals surface area contributed by atoms with Gasteiger partial charge < -0.3 is 14.6 Å². The van der Waals surface area contributed by atoms with Gasteiger partial charge in [-0.1, -0.05) is 41.9 Å². The molecule has 0 aliphatic rings. The first kappa shape index (κ1) is 22.2. The molecule has 0 atom stereocenters. The summed E-state index contributed by atoms with van der Waals surface area (Å²) in [7, 11) is 0. The summed E-state index contributed by atoms with van der Waals surface area (Å²) in [5.41, 5.74) is -0.0896. The molecular weight excluding hydrogens is 433 g/mol. The molecule has 4 nitrogen and oxygen atoms in total. The molecule has 31 heavy (non-hydrogen) atoms. The summed E-state index contributed by atoms with van der Waals surface area (Å²) in [5, 5.41) is 9.36. The molecule has 3 rings (SSSR count). The average molecular weight is 449 g/mol. The average Bonchev–Trinajstić information content (AvgIpc) is 2.73. The van der Waals surface area contributed by atoms with Crippen LogP contribution in [-0.4, -0.2) is 17.7 Å². The lowest BCUT2D eigenvalue weighted by Gasteiger charge is -2.13. The Kier molecular flexibility index (Phi) is 6.87. The van der Waals surface area contributed by atoms with Gasteiger partial charge in [0.05, 0.1) is 16.1 Å². The molecule has 0 saturated carbocycles. The van der Waals surface area contributed by atoms with Crippen LogP contribution in [0, 0.1) is 0 Å². The van der Waals surface area contributed by atoms with Gasteiger partial charge in [-0.3, -0.25) is 0 Å². The molecule has 0 fully saturated rings. The number of halogens is 4. The molecule has 160 valence electrons. The molecule has 0 heterocycles. The van der Waals surface area contributed by atoms with Crippen molar-refractivity contribution in [3.8, 4) is 17.2 Å². The first-order chi connectivity index (χ1) is 14.7. The minimum Gasteiger partial charge on any atom is -0.486 e. The van der Waals surface area contributed by atoms with E-state index in [9.17, 15) is 18.0 Å². The zero-order valence-electron chi connectivity index (χ0n) is 15.9. The van der Waals surface area contributed by atoms with Gasteiger partial charge >= 0.3 is 12.1 Å². The van der Waals surface area contributed by atoms with Crippen molar-refractivity contribution in [2.75, 3.05) is 6.61 Å². The van der Waals surface area contributed by atoms with Crippen LogP contribution in [0.3, 0.4) is 0 Å². The molecule has 3 aromatic carbocycles. The van der Waals surface area contributed by atoms with E-state index in [4.69, 9.17) is 26.2 Å². The second kappa shape index (κ2) is 9.57. The summed E-state index contributed by atoms with van der Waals surface area (Å²) in [6.45, 7) is 0.129. The van der Waals surface area contributed by atoms with E-state index in [-0.39, 0.29) is 22.9 Å². The fraction of sp³-hybridized carbons (Fsp3) is 0.0870. The van der Waals surface area contributed by atoms with Gasteiger partial charge in [-0.15, -0.1) is 0 Å². The van der Waals surface area contributed by atoms with Gasteiger partial charge in [-0.05, 0) is 54.1 Å². The highest BCUT2D eigenvalue weighted by atomic mass is 35.5. The van der Waals surface area contributed by atoms with Crippen molar-refractivity contribution in [1.29, 1.82) is 0 Å². The molecule has 0 amide bonds. The maximum atomic E-state index is 12.6. The first-order valence-electron chi connectivity index (χ1n) is 9.00. The third-order valence-electron chi connectivity index (χ3n) is 4.13. The van der Waals surface area contributed by atoms with Crippen LogP contribution in [-0.2, 0) is 6.18 Å². The Hall–Kier alpha value is -3.45. The number of rotatable bonds is 7. The Labute approximate surface area is 181 Å². The smallest absolute Gasteiger partial charge is 0.416 e. The lowest BCUT2D eigenvalue weighted by Crippen LogP contribution is -2.04. The SMILES string of the molecule is O=C(O)c1ccc(Cl)c(Oc2ccccc2OCC=Cc2ccc(C(F)(F)F)cc2)c1. The van der Waals surface area contributed by atoms with Crippen LogP contribution >= 0.6 is 11.6 Å². The second-order valence-electron chi connectivity index (χ2n) is 6.33. The summed E-state index contributed by atoms with van der Waals surface area (Å²) in [5.74, 6) is -0.233. The van der Waals surface area contributed by atoms with Crippen molar-refractivity contribution in [3.63, 3.8) is 0 Å². The Morgan fingerprint density at radius 1 is 0.968 bits per heavy atom. The van der Waals surface area contributed by atoms with E-state index in [1.807, 2.05) is 0 Å². The minimum absolute atomic E-state index is 0.0253. The summed E-state index contributed by atoms with van der Waals surface area (Å²) >= 11 is 6.10. The fourth-order valence-electron chi connectivity index (χ4n) is 2.59. The van der Waals surface area contributed by atoms with Crippen LogP contribution in [0.4, 0.5) is 13.2 Å². The molecule has 3 aromatic rings. The minimum atomic E-state index is -4.37. The largest absolute Gasteiger partial charge is 0.486 e. The number of carboxylic acids is 1. The van der Waals surface area contributed by atoms with E-state index in [0.29, 0.717) is 17.1 Å². The zero-order valence-corrected chi connectivity index (χ0v) is 16.7. The molecular formula is C23H16ClF3O4. The highest BCUT2D eigenvalue weighted by molar-refractivity contribution is 6.32. The molecule has 0 bridgehead atoms. The van der Waals surface area contributed by atoms with E-state index in [1.54, 1.807) is 36.4 Å². The molecule has 1 N–H and O–H groups in total. The number of alkyl halides is 3. The van der Waals surface area contributed by atoms with Gasteiger partial charge in [-0.2, -0.15) is 13.2 Å². The van der Waals surface area contributed by atoms with Crippen molar-refractivity contribution < 1.29 is 32.5 Å². The molecule has 0 saturated heterocycles. The predicted octanol–water partition coefficient (Wildman–Crippen LogP) is 6.94. The lowest BCUT2D eigenvalue weighted by molar-refractivity contribution is -0.137. The van der Waals surface area contributed by atoms with Gasteiger partial charge in [0.2, 0.25) is 0 Å². The van der Waals surface area contributed by atoms with Crippen molar-refractivity contribution in [1.82, 2.24) is 0 Å².